The Kier molecular flexibility index (Phi) is 5.22. The van der Waals surface area contributed by atoms with E-state index in [4.69, 9.17) is 0 Å². The van der Waals surface area contributed by atoms with Gasteiger partial charge in [0.15, 0.2) is 6.04 Å². The molecular formula is C15H14F3N3O3. The summed E-state index contributed by atoms with van der Waals surface area (Å²) in [4.78, 5) is 23.4. The van der Waals surface area contributed by atoms with Gasteiger partial charge in [-0.3, -0.25) is 9.48 Å². The Morgan fingerprint density at radius 2 is 1.92 bits per heavy atom. The average Bonchev–Trinajstić information content (AvgIpc) is 2.99. The third-order valence-corrected chi connectivity index (χ3v) is 3.18. The quantitative estimate of drug-likeness (QED) is 0.845. The summed E-state index contributed by atoms with van der Waals surface area (Å²) in [5, 5.41) is 15.2. The lowest BCUT2D eigenvalue weighted by atomic mass is 10.1. The largest absolute Gasteiger partial charge is 0.479 e. The first-order valence-electron chi connectivity index (χ1n) is 6.94. The number of hydrogen-bond donors (Lipinski definition) is 2. The predicted molar refractivity (Wildman–Crippen MR) is 77.2 cm³/mol. The van der Waals surface area contributed by atoms with E-state index in [1.54, 1.807) is 30.3 Å². The van der Waals surface area contributed by atoms with Crippen molar-refractivity contribution in [1.29, 1.82) is 0 Å². The Labute approximate surface area is 134 Å². The molecule has 0 saturated heterocycles. The van der Waals surface area contributed by atoms with Crippen LogP contribution in [-0.2, 0) is 11.3 Å². The number of halogens is 3. The Bertz CT molecular complexity index is 713. The molecule has 0 saturated carbocycles. The number of nitrogens with zero attached hydrogens (tertiary/aromatic N) is 2. The van der Waals surface area contributed by atoms with E-state index in [1.165, 1.54) is 0 Å². The lowest BCUT2D eigenvalue weighted by Gasteiger charge is -2.14. The summed E-state index contributed by atoms with van der Waals surface area (Å²) in [7, 11) is 0. The molecule has 2 N–H and O–H groups in total. The van der Waals surface area contributed by atoms with Crippen LogP contribution < -0.4 is 5.32 Å². The molecule has 0 radical (unpaired) electrons. The monoisotopic (exact) mass is 341 g/mol. The van der Waals surface area contributed by atoms with Crippen LogP contribution >= 0.6 is 0 Å². The number of carbonyl (C=O) groups excluding carboxylic acids is 1. The van der Waals surface area contributed by atoms with Crippen LogP contribution in [0.1, 0.15) is 28.4 Å². The normalized spacial score (nSPS) is 12.6. The van der Waals surface area contributed by atoms with E-state index in [9.17, 15) is 27.9 Å². The number of aliphatic carboxylic acids is 1. The standard InChI is InChI=1S/C15H14F3N3O3/c16-15(17,18)6-7-21-9-11(8-19-21)13(22)20-12(14(23)24)10-4-2-1-3-5-10/h1-5,8-9,12H,6-7H2,(H,20,22)(H,23,24)/t12-/m1/s1. The minimum Gasteiger partial charge on any atom is -0.479 e. The van der Waals surface area contributed by atoms with Gasteiger partial charge in [-0.1, -0.05) is 30.3 Å². The SMILES string of the molecule is O=C(N[C@@H](C(=O)O)c1ccccc1)c1cnn(CCC(F)(F)F)c1. The van der Waals surface area contributed by atoms with Gasteiger partial charge in [0.1, 0.15) is 0 Å². The summed E-state index contributed by atoms with van der Waals surface area (Å²) in [6.07, 6.45) is -3.16. The molecule has 1 amide bonds. The third-order valence-electron chi connectivity index (χ3n) is 3.18. The molecular weight excluding hydrogens is 327 g/mol. The molecule has 1 atom stereocenters. The first-order valence-corrected chi connectivity index (χ1v) is 6.94. The fourth-order valence-corrected chi connectivity index (χ4v) is 1.99. The maximum Gasteiger partial charge on any atom is 0.390 e. The number of carboxylic acids is 1. The van der Waals surface area contributed by atoms with Crippen molar-refractivity contribution in [2.45, 2.75) is 25.2 Å². The second kappa shape index (κ2) is 7.16. The number of aromatic nitrogens is 2. The fraction of sp³-hybridized carbons (Fsp3) is 0.267. The van der Waals surface area contributed by atoms with Crippen molar-refractivity contribution in [2.75, 3.05) is 0 Å². The third kappa shape index (κ3) is 4.83. The molecule has 2 aromatic rings. The predicted octanol–water partition coefficient (Wildman–Crippen LogP) is 2.39. The highest BCUT2D eigenvalue weighted by atomic mass is 19.4. The molecule has 2 rings (SSSR count). The summed E-state index contributed by atoms with van der Waals surface area (Å²) < 4.78 is 37.5. The lowest BCUT2D eigenvalue weighted by molar-refractivity contribution is -0.139. The van der Waals surface area contributed by atoms with E-state index in [0.717, 1.165) is 17.1 Å². The maximum atomic E-state index is 12.2. The summed E-state index contributed by atoms with van der Waals surface area (Å²) >= 11 is 0. The zero-order valence-electron chi connectivity index (χ0n) is 12.3. The molecule has 1 aromatic carbocycles. The van der Waals surface area contributed by atoms with Gasteiger partial charge in [0, 0.05) is 12.7 Å². The van der Waals surface area contributed by atoms with Crippen LogP contribution in [0.3, 0.4) is 0 Å². The van der Waals surface area contributed by atoms with Crippen molar-refractivity contribution >= 4 is 11.9 Å². The van der Waals surface area contributed by atoms with Gasteiger partial charge < -0.3 is 10.4 Å². The highest BCUT2D eigenvalue weighted by Crippen LogP contribution is 2.20. The van der Waals surface area contributed by atoms with E-state index in [1.807, 2.05) is 0 Å². The van der Waals surface area contributed by atoms with Crippen LogP contribution in [0.15, 0.2) is 42.7 Å². The summed E-state index contributed by atoms with van der Waals surface area (Å²) in [5.41, 5.74) is 0.363. The number of benzene rings is 1. The molecule has 0 spiro atoms. The zero-order valence-corrected chi connectivity index (χ0v) is 12.3. The van der Waals surface area contributed by atoms with Crippen molar-refractivity contribution in [3.05, 3.63) is 53.9 Å². The molecule has 1 heterocycles. The van der Waals surface area contributed by atoms with Crippen molar-refractivity contribution in [1.82, 2.24) is 15.1 Å². The molecule has 0 bridgehead atoms. The van der Waals surface area contributed by atoms with E-state index >= 15 is 0 Å². The Hall–Kier alpha value is -2.84. The second-order valence-corrected chi connectivity index (χ2v) is 5.01. The molecule has 9 heteroatoms. The molecule has 6 nitrogen and oxygen atoms in total. The minimum atomic E-state index is -4.32. The number of carboxylic acid groups (broad SMARTS) is 1. The summed E-state index contributed by atoms with van der Waals surface area (Å²) in [6, 6.07) is 6.79. The summed E-state index contributed by atoms with van der Waals surface area (Å²) in [5.74, 6) is -1.98. The van der Waals surface area contributed by atoms with Crippen LogP contribution in [0.4, 0.5) is 13.2 Å². The van der Waals surface area contributed by atoms with Crippen LogP contribution in [0, 0.1) is 0 Å². The van der Waals surface area contributed by atoms with E-state index in [2.05, 4.69) is 10.4 Å². The van der Waals surface area contributed by atoms with Crippen molar-refractivity contribution in [3.63, 3.8) is 0 Å². The number of carbonyl (C=O) groups is 2. The van der Waals surface area contributed by atoms with Crippen LogP contribution in [0.5, 0.6) is 0 Å². The zero-order chi connectivity index (χ0) is 17.7. The molecule has 0 aliphatic carbocycles. The Morgan fingerprint density at radius 1 is 1.25 bits per heavy atom. The molecule has 0 unspecified atom stereocenters. The lowest BCUT2D eigenvalue weighted by Crippen LogP contribution is -2.33. The van der Waals surface area contributed by atoms with Crippen LogP contribution in [0.2, 0.25) is 0 Å². The van der Waals surface area contributed by atoms with E-state index in [-0.39, 0.29) is 5.56 Å². The first kappa shape index (κ1) is 17.5. The van der Waals surface area contributed by atoms with Gasteiger partial charge in [-0.2, -0.15) is 18.3 Å². The average molecular weight is 341 g/mol. The van der Waals surface area contributed by atoms with Crippen LogP contribution in [0.25, 0.3) is 0 Å². The van der Waals surface area contributed by atoms with Gasteiger partial charge in [-0.15, -0.1) is 0 Å². The highest BCUT2D eigenvalue weighted by Gasteiger charge is 2.27. The maximum absolute atomic E-state index is 12.2. The fourth-order valence-electron chi connectivity index (χ4n) is 1.99. The number of alkyl halides is 3. The van der Waals surface area contributed by atoms with Gasteiger partial charge in [0.2, 0.25) is 0 Å². The summed E-state index contributed by atoms with van der Waals surface area (Å²) in [6.45, 7) is -0.419. The Morgan fingerprint density at radius 3 is 2.50 bits per heavy atom. The molecule has 1 aromatic heterocycles. The number of hydrogen-bond acceptors (Lipinski definition) is 3. The molecule has 0 aliphatic heterocycles. The Balaban J connectivity index is 2.06. The van der Waals surface area contributed by atoms with Gasteiger partial charge in [0.25, 0.3) is 5.91 Å². The van der Waals surface area contributed by atoms with Crippen molar-refractivity contribution < 1.29 is 27.9 Å². The first-order chi connectivity index (χ1) is 11.3. The van der Waals surface area contributed by atoms with Crippen molar-refractivity contribution in [3.8, 4) is 0 Å². The molecule has 0 fully saturated rings. The topological polar surface area (TPSA) is 84.2 Å². The van der Waals surface area contributed by atoms with Gasteiger partial charge in [-0.25, -0.2) is 4.79 Å². The number of nitrogens with one attached hydrogen (secondary N) is 1. The number of aryl methyl sites for hydroxylation is 1. The van der Waals surface area contributed by atoms with E-state index < -0.39 is 37.1 Å². The van der Waals surface area contributed by atoms with Gasteiger partial charge in [0.05, 0.1) is 18.2 Å². The van der Waals surface area contributed by atoms with Crippen molar-refractivity contribution in [2.24, 2.45) is 0 Å². The van der Waals surface area contributed by atoms with Gasteiger partial charge in [-0.05, 0) is 5.56 Å². The van der Waals surface area contributed by atoms with Crippen LogP contribution in [-0.4, -0.2) is 32.9 Å². The molecule has 0 aliphatic rings. The number of amides is 1. The molecule has 24 heavy (non-hydrogen) atoms. The number of rotatable bonds is 6. The highest BCUT2D eigenvalue weighted by molar-refractivity contribution is 5.96. The second-order valence-electron chi connectivity index (χ2n) is 5.01. The minimum absolute atomic E-state index is 0.0145. The van der Waals surface area contributed by atoms with E-state index in [0.29, 0.717) is 5.56 Å². The smallest absolute Gasteiger partial charge is 0.390 e. The van der Waals surface area contributed by atoms with Gasteiger partial charge >= 0.3 is 12.1 Å². The molecule has 128 valence electrons.